The second-order valence-electron chi connectivity index (χ2n) is 2.83. The summed E-state index contributed by atoms with van der Waals surface area (Å²) in [6, 6.07) is 0. The van der Waals surface area contributed by atoms with Gasteiger partial charge in [0, 0.05) is 6.42 Å². The van der Waals surface area contributed by atoms with Gasteiger partial charge in [-0.15, -0.1) is 0 Å². The molecule has 0 aromatic heterocycles. The number of ether oxygens (including phenoxy) is 1. The van der Waals surface area contributed by atoms with E-state index in [-0.39, 0.29) is 0 Å². The van der Waals surface area contributed by atoms with Gasteiger partial charge in [0.25, 0.3) is 0 Å². The normalized spacial score (nSPS) is 22.5. The molecule has 0 heterocycles. The summed E-state index contributed by atoms with van der Waals surface area (Å²) in [6.45, 7) is -3.25. The molecule has 0 radical (unpaired) electrons. The molecule has 0 aromatic carbocycles. The second-order valence-corrected chi connectivity index (χ2v) is 2.83. The van der Waals surface area contributed by atoms with Gasteiger partial charge in [-0.3, -0.25) is 0 Å². The van der Waals surface area contributed by atoms with Crippen LogP contribution in [0, 0.1) is 0 Å². The molecule has 1 aliphatic rings. The van der Waals surface area contributed by atoms with Crippen molar-refractivity contribution in [2.75, 3.05) is 0 Å². The Morgan fingerprint density at radius 3 is 2.40 bits per heavy atom. The maximum Gasteiger partial charge on any atom is 0.416 e. The van der Waals surface area contributed by atoms with Gasteiger partial charge in [-0.25, -0.2) is 4.39 Å². The zero-order valence-corrected chi connectivity index (χ0v) is 7.19. The summed E-state index contributed by atoms with van der Waals surface area (Å²) in [5.74, 6) is -0.702. The van der Waals surface area contributed by atoms with Crippen LogP contribution in [0.2, 0.25) is 0 Å². The number of allylic oxidation sites excluding steroid dienone is 4. The Hall–Kier alpha value is -1.14. The Balaban J connectivity index is 2.85. The molecule has 1 atom stereocenters. The molecule has 0 saturated heterocycles. The van der Waals surface area contributed by atoms with Crippen molar-refractivity contribution < 1.29 is 31.1 Å². The van der Waals surface area contributed by atoms with Gasteiger partial charge in [-0.05, 0) is 12.2 Å². The van der Waals surface area contributed by atoms with Crippen molar-refractivity contribution in [2.45, 2.75) is 25.4 Å². The first kappa shape index (κ1) is 11.9. The highest BCUT2D eigenvalue weighted by Crippen LogP contribution is 2.33. The largest absolute Gasteiger partial charge is 0.439 e. The zero-order chi connectivity index (χ0) is 11.6. The van der Waals surface area contributed by atoms with Gasteiger partial charge in [0.05, 0.1) is 5.57 Å². The highest BCUT2D eigenvalue weighted by Gasteiger charge is 2.35. The van der Waals surface area contributed by atoms with E-state index in [1.165, 1.54) is 0 Å². The molecule has 0 amide bonds. The molecular formula is C8H6F6O. The predicted octanol–water partition coefficient (Wildman–Crippen LogP) is 3.34. The molecule has 0 aromatic rings. The van der Waals surface area contributed by atoms with Crippen LogP contribution in [0.25, 0.3) is 0 Å². The molecule has 0 saturated carbocycles. The standard InChI is InChI=1S/C8H6F6O/c9-5-1-4(8(12,13)14)2-6(3-5)15-7(10)11/h1-2,5,7H,3H2. The van der Waals surface area contributed by atoms with Gasteiger partial charge in [0.2, 0.25) is 0 Å². The first-order valence-corrected chi connectivity index (χ1v) is 3.87. The van der Waals surface area contributed by atoms with E-state index in [4.69, 9.17) is 0 Å². The van der Waals surface area contributed by atoms with E-state index in [9.17, 15) is 26.3 Å². The van der Waals surface area contributed by atoms with Crippen molar-refractivity contribution in [3.8, 4) is 0 Å². The lowest BCUT2D eigenvalue weighted by Crippen LogP contribution is -2.18. The van der Waals surface area contributed by atoms with Crippen LogP contribution in [0.4, 0.5) is 26.3 Å². The van der Waals surface area contributed by atoms with Crippen LogP contribution in [0.15, 0.2) is 23.5 Å². The maximum atomic E-state index is 12.7. The minimum atomic E-state index is -4.76. The van der Waals surface area contributed by atoms with E-state index in [2.05, 4.69) is 4.74 Å². The molecule has 0 fully saturated rings. The quantitative estimate of drug-likeness (QED) is 0.663. The first-order valence-electron chi connectivity index (χ1n) is 3.87. The Kier molecular flexibility index (Phi) is 3.31. The van der Waals surface area contributed by atoms with Crippen LogP contribution in [0.5, 0.6) is 0 Å². The Bertz CT molecular complexity index is 290. The molecule has 0 aliphatic heterocycles. The molecule has 0 bridgehead atoms. The fourth-order valence-electron chi connectivity index (χ4n) is 1.10. The Morgan fingerprint density at radius 2 is 1.93 bits per heavy atom. The average molecular weight is 232 g/mol. The molecule has 7 heteroatoms. The SMILES string of the molecule is FC1C=C(C(F)(F)F)C=C(OC(F)F)C1. The topological polar surface area (TPSA) is 9.23 Å². The van der Waals surface area contributed by atoms with E-state index in [0.29, 0.717) is 12.2 Å². The summed E-state index contributed by atoms with van der Waals surface area (Å²) < 4.78 is 76.1. The van der Waals surface area contributed by atoms with Crippen molar-refractivity contribution in [1.29, 1.82) is 0 Å². The predicted molar refractivity (Wildman–Crippen MR) is 38.8 cm³/mol. The number of hydrogen-bond acceptors (Lipinski definition) is 1. The van der Waals surface area contributed by atoms with Gasteiger partial charge in [0.15, 0.2) is 0 Å². The van der Waals surface area contributed by atoms with Gasteiger partial charge in [-0.2, -0.15) is 22.0 Å². The summed E-state index contributed by atoms with van der Waals surface area (Å²) in [7, 11) is 0. The van der Waals surface area contributed by atoms with Crippen LogP contribution in [0.3, 0.4) is 0 Å². The molecule has 1 unspecified atom stereocenters. The van der Waals surface area contributed by atoms with E-state index >= 15 is 0 Å². The summed E-state index contributed by atoms with van der Waals surface area (Å²) >= 11 is 0. The summed E-state index contributed by atoms with van der Waals surface area (Å²) in [5, 5.41) is 0. The molecule has 15 heavy (non-hydrogen) atoms. The van der Waals surface area contributed by atoms with E-state index in [1.807, 2.05) is 0 Å². The van der Waals surface area contributed by atoms with Crippen molar-refractivity contribution in [3.63, 3.8) is 0 Å². The number of hydrogen-bond donors (Lipinski definition) is 0. The van der Waals surface area contributed by atoms with Crippen molar-refractivity contribution in [2.24, 2.45) is 0 Å². The lowest BCUT2D eigenvalue weighted by Gasteiger charge is -2.18. The summed E-state index contributed by atoms with van der Waals surface area (Å²) in [5.41, 5.74) is -1.31. The Morgan fingerprint density at radius 1 is 1.33 bits per heavy atom. The van der Waals surface area contributed by atoms with Crippen LogP contribution < -0.4 is 0 Å². The van der Waals surface area contributed by atoms with Crippen molar-refractivity contribution >= 4 is 0 Å². The smallest absolute Gasteiger partial charge is 0.416 e. The lowest BCUT2D eigenvalue weighted by molar-refractivity contribution is -0.105. The Labute approximate surface area is 81.0 Å². The summed E-state index contributed by atoms with van der Waals surface area (Å²) in [6.07, 6.45) is -6.62. The fourth-order valence-corrected chi connectivity index (χ4v) is 1.10. The van der Waals surface area contributed by atoms with E-state index in [1.54, 1.807) is 0 Å². The average Bonchev–Trinajstić information content (AvgIpc) is 1.99. The van der Waals surface area contributed by atoms with Gasteiger partial charge >= 0.3 is 12.8 Å². The second kappa shape index (κ2) is 4.16. The van der Waals surface area contributed by atoms with Gasteiger partial charge in [-0.1, -0.05) is 0 Å². The molecule has 1 aliphatic carbocycles. The van der Waals surface area contributed by atoms with Crippen LogP contribution in [0.1, 0.15) is 6.42 Å². The van der Waals surface area contributed by atoms with Crippen LogP contribution in [-0.4, -0.2) is 19.0 Å². The molecular weight excluding hydrogens is 226 g/mol. The molecule has 1 nitrogen and oxygen atoms in total. The third kappa shape index (κ3) is 3.49. The highest BCUT2D eigenvalue weighted by atomic mass is 19.4. The third-order valence-corrected chi connectivity index (χ3v) is 1.64. The molecule has 0 spiro atoms. The van der Waals surface area contributed by atoms with Crippen molar-refractivity contribution in [1.82, 2.24) is 0 Å². The minimum Gasteiger partial charge on any atom is -0.439 e. The maximum absolute atomic E-state index is 12.7. The fraction of sp³-hybridized carbons (Fsp3) is 0.500. The van der Waals surface area contributed by atoms with Crippen LogP contribution >= 0.6 is 0 Å². The van der Waals surface area contributed by atoms with Gasteiger partial charge in [0.1, 0.15) is 11.9 Å². The summed E-state index contributed by atoms with van der Waals surface area (Å²) in [4.78, 5) is 0. The highest BCUT2D eigenvalue weighted by molar-refractivity contribution is 5.31. The number of rotatable bonds is 2. The lowest BCUT2D eigenvalue weighted by atomic mass is 10.0. The minimum absolute atomic E-state index is 0.332. The number of halogens is 6. The monoisotopic (exact) mass is 232 g/mol. The third-order valence-electron chi connectivity index (χ3n) is 1.64. The van der Waals surface area contributed by atoms with E-state index < -0.39 is 36.7 Å². The molecule has 86 valence electrons. The number of alkyl halides is 6. The molecule has 0 N–H and O–H groups in total. The van der Waals surface area contributed by atoms with E-state index in [0.717, 1.165) is 0 Å². The van der Waals surface area contributed by atoms with Gasteiger partial charge < -0.3 is 4.74 Å². The van der Waals surface area contributed by atoms with Crippen LogP contribution in [-0.2, 0) is 4.74 Å². The van der Waals surface area contributed by atoms with Crippen molar-refractivity contribution in [3.05, 3.63) is 23.5 Å². The zero-order valence-electron chi connectivity index (χ0n) is 7.19. The molecule has 1 rings (SSSR count). The first-order chi connectivity index (χ1) is 6.79.